The molecule has 1 saturated carbocycles. The predicted octanol–water partition coefficient (Wildman–Crippen LogP) is 0.618. The van der Waals surface area contributed by atoms with Gasteiger partial charge >= 0.3 is 5.97 Å². The van der Waals surface area contributed by atoms with Gasteiger partial charge in [-0.3, -0.25) is 4.79 Å². The molecule has 2 N–H and O–H groups in total. The Balaban J connectivity index is 2.43. The van der Waals surface area contributed by atoms with Crippen LogP contribution in [-0.2, 0) is 9.53 Å². The average molecular weight is 187 g/mol. The zero-order chi connectivity index (χ0) is 9.90. The minimum atomic E-state index is -0.759. The SMILES string of the molecule is CCNC1(C(=O)O)CC(OCC)C1. The Morgan fingerprint density at radius 2 is 2.23 bits per heavy atom. The zero-order valence-corrected chi connectivity index (χ0v) is 8.17. The van der Waals surface area contributed by atoms with E-state index in [0.29, 0.717) is 26.0 Å². The number of aliphatic carboxylic acids is 1. The van der Waals surface area contributed by atoms with Gasteiger partial charge in [-0.2, -0.15) is 0 Å². The zero-order valence-electron chi connectivity index (χ0n) is 8.17. The summed E-state index contributed by atoms with van der Waals surface area (Å²) < 4.78 is 5.33. The minimum Gasteiger partial charge on any atom is -0.480 e. The molecule has 0 aromatic heterocycles. The van der Waals surface area contributed by atoms with Crippen LogP contribution in [0.1, 0.15) is 26.7 Å². The first-order chi connectivity index (χ1) is 6.14. The third-order valence-corrected chi connectivity index (χ3v) is 2.48. The van der Waals surface area contributed by atoms with Gasteiger partial charge in [0.1, 0.15) is 5.54 Å². The van der Waals surface area contributed by atoms with Crippen LogP contribution in [0.4, 0.5) is 0 Å². The molecular weight excluding hydrogens is 170 g/mol. The van der Waals surface area contributed by atoms with Crippen molar-refractivity contribution in [3.63, 3.8) is 0 Å². The normalized spacial score (nSPS) is 32.6. The van der Waals surface area contributed by atoms with Crippen molar-refractivity contribution in [3.8, 4) is 0 Å². The first kappa shape index (κ1) is 10.5. The second-order valence-electron chi connectivity index (χ2n) is 3.40. The Hall–Kier alpha value is -0.610. The predicted molar refractivity (Wildman–Crippen MR) is 48.7 cm³/mol. The van der Waals surface area contributed by atoms with Gasteiger partial charge < -0.3 is 15.2 Å². The van der Waals surface area contributed by atoms with Gasteiger partial charge in [0, 0.05) is 19.4 Å². The fourth-order valence-electron chi connectivity index (χ4n) is 1.80. The highest BCUT2D eigenvalue weighted by molar-refractivity contribution is 5.80. The minimum absolute atomic E-state index is 0.125. The molecule has 0 spiro atoms. The van der Waals surface area contributed by atoms with Crippen LogP contribution in [-0.4, -0.2) is 35.9 Å². The second-order valence-corrected chi connectivity index (χ2v) is 3.40. The molecule has 0 amide bonds. The van der Waals surface area contributed by atoms with Gasteiger partial charge in [-0.25, -0.2) is 0 Å². The number of carbonyl (C=O) groups is 1. The Labute approximate surface area is 78.3 Å². The maximum atomic E-state index is 10.9. The average Bonchev–Trinajstić information content (AvgIpc) is 2.00. The van der Waals surface area contributed by atoms with E-state index >= 15 is 0 Å². The fourth-order valence-corrected chi connectivity index (χ4v) is 1.80. The molecule has 1 aliphatic rings. The summed E-state index contributed by atoms with van der Waals surface area (Å²) >= 11 is 0. The molecule has 0 unspecified atom stereocenters. The molecule has 0 radical (unpaired) electrons. The molecular formula is C9H17NO3. The number of rotatable bonds is 5. The third-order valence-electron chi connectivity index (χ3n) is 2.48. The van der Waals surface area contributed by atoms with E-state index in [1.807, 2.05) is 13.8 Å². The summed E-state index contributed by atoms with van der Waals surface area (Å²) in [5.74, 6) is -0.759. The number of hydrogen-bond donors (Lipinski definition) is 2. The van der Waals surface area contributed by atoms with E-state index in [4.69, 9.17) is 9.84 Å². The highest BCUT2D eigenvalue weighted by atomic mass is 16.5. The number of likely N-dealkylation sites (N-methyl/N-ethyl adjacent to an activating group) is 1. The largest absolute Gasteiger partial charge is 0.480 e. The van der Waals surface area contributed by atoms with Gasteiger partial charge in [-0.15, -0.1) is 0 Å². The number of carboxylic acids is 1. The molecule has 0 bridgehead atoms. The molecule has 1 rings (SSSR count). The molecule has 0 aromatic carbocycles. The van der Waals surface area contributed by atoms with Crippen LogP contribution in [0.5, 0.6) is 0 Å². The molecule has 13 heavy (non-hydrogen) atoms. The summed E-state index contributed by atoms with van der Waals surface area (Å²) in [7, 11) is 0. The lowest BCUT2D eigenvalue weighted by Gasteiger charge is -2.44. The lowest BCUT2D eigenvalue weighted by molar-refractivity contribution is -0.157. The highest BCUT2D eigenvalue weighted by Gasteiger charge is 2.50. The van der Waals surface area contributed by atoms with Crippen LogP contribution in [0.25, 0.3) is 0 Å². The first-order valence-corrected chi connectivity index (χ1v) is 4.74. The highest BCUT2D eigenvalue weighted by Crippen LogP contribution is 2.34. The van der Waals surface area contributed by atoms with Crippen molar-refractivity contribution in [2.45, 2.75) is 38.3 Å². The number of hydrogen-bond acceptors (Lipinski definition) is 3. The van der Waals surface area contributed by atoms with Crippen molar-refractivity contribution in [1.29, 1.82) is 0 Å². The number of carboxylic acid groups (broad SMARTS) is 1. The van der Waals surface area contributed by atoms with E-state index in [9.17, 15) is 4.79 Å². The van der Waals surface area contributed by atoms with E-state index in [1.165, 1.54) is 0 Å². The molecule has 76 valence electrons. The first-order valence-electron chi connectivity index (χ1n) is 4.74. The molecule has 0 aromatic rings. The molecule has 1 aliphatic carbocycles. The van der Waals surface area contributed by atoms with Crippen molar-refractivity contribution in [2.75, 3.05) is 13.2 Å². The van der Waals surface area contributed by atoms with Crippen molar-refractivity contribution in [2.24, 2.45) is 0 Å². The maximum absolute atomic E-state index is 10.9. The number of nitrogens with one attached hydrogen (secondary N) is 1. The molecule has 0 heterocycles. The van der Waals surface area contributed by atoms with E-state index in [2.05, 4.69) is 5.32 Å². The topological polar surface area (TPSA) is 58.6 Å². The standard InChI is InChI=1S/C9H17NO3/c1-3-10-9(8(11)12)5-7(6-9)13-4-2/h7,10H,3-6H2,1-2H3,(H,11,12). The van der Waals surface area contributed by atoms with Crippen LogP contribution < -0.4 is 5.32 Å². The Kier molecular flexibility index (Phi) is 3.27. The fraction of sp³-hybridized carbons (Fsp3) is 0.889. The van der Waals surface area contributed by atoms with Gasteiger partial charge in [0.05, 0.1) is 6.10 Å². The Bertz CT molecular complexity index is 187. The molecule has 0 aliphatic heterocycles. The van der Waals surface area contributed by atoms with E-state index in [-0.39, 0.29) is 6.10 Å². The summed E-state index contributed by atoms with van der Waals surface area (Å²) in [5.41, 5.74) is -0.714. The summed E-state index contributed by atoms with van der Waals surface area (Å²) in [6, 6.07) is 0. The molecule has 0 saturated heterocycles. The van der Waals surface area contributed by atoms with Crippen LogP contribution >= 0.6 is 0 Å². The second kappa shape index (κ2) is 4.07. The third kappa shape index (κ3) is 2.00. The van der Waals surface area contributed by atoms with Crippen LogP contribution in [0.15, 0.2) is 0 Å². The molecule has 4 nitrogen and oxygen atoms in total. The van der Waals surface area contributed by atoms with Crippen LogP contribution in [0, 0.1) is 0 Å². The monoisotopic (exact) mass is 187 g/mol. The van der Waals surface area contributed by atoms with Crippen molar-refractivity contribution in [1.82, 2.24) is 5.32 Å². The molecule has 0 atom stereocenters. The number of ether oxygens (including phenoxy) is 1. The van der Waals surface area contributed by atoms with Crippen molar-refractivity contribution in [3.05, 3.63) is 0 Å². The van der Waals surface area contributed by atoms with Crippen molar-refractivity contribution < 1.29 is 14.6 Å². The van der Waals surface area contributed by atoms with Gasteiger partial charge in [-0.05, 0) is 13.5 Å². The van der Waals surface area contributed by atoms with E-state index < -0.39 is 11.5 Å². The van der Waals surface area contributed by atoms with Crippen LogP contribution in [0.2, 0.25) is 0 Å². The van der Waals surface area contributed by atoms with Gasteiger partial charge in [-0.1, -0.05) is 6.92 Å². The summed E-state index contributed by atoms with van der Waals surface area (Å²) in [6.45, 7) is 5.18. The molecule has 1 fully saturated rings. The Morgan fingerprint density at radius 3 is 2.62 bits per heavy atom. The summed E-state index contributed by atoms with van der Waals surface area (Å²) in [4.78, 5) is 10.9. The van der Waals surface area contributed by atoms with Crippen molar-refractivity contribution >= 4 is 5.97 Å². The van der Waals surface area contributed by atoms with Gasteiger partial charge in [0.2, 0.25) is 0 Å². The lowest BCUT2D eigenvalue weighted by atomic mass is 9.74. The summed E-state index contributed by atoms with van der Waals surface area (Å²) in [6.07, 6.45) is 1.30. The molecule has 4 heteroatoms. The smallest absolute Gasteiger partial charge is 0.324 e. The van der Waals surface area contributed by atoms with E-state index in [0.717, 1.165) is 0 Å². The Morgan fingerprint density at radius 1 is 1.62 bits per heavy atom. The van der Waals surface area contributed by atoms with Gasteiger partial charge in [0.15, 0.2) is 0 Å². The van der Waals surface area contributed by atoms with Gasteiger partial charge in [0.25, 0.3) is 0 Å². The maximum Gasteiger partial charge on any atom is 0.324 e. The summed E-state index contributed by atoms with van der Waals surface area (Å²) in [5, 5.41) is 12.0. The quantitative estimate of drug-likeness (QED) is 0.662. The van der Waals surface area contributed by atoms with Crippen LogP contribution in [0.3, 0.4) is 0 Å². The lowest BCUT2D eigenvalue weighted by Crippen LogP contribution is -2.63. The van der Waals surface area contributed by atoms with E-state index in [1.54, 1.807) is 0 Å².